The maximum atomic E-state index is 14.5. The molecule has 0 saturated heterocycles. The maximum absolute atomic E-state index is 14.5. The zero-order chi connectivity index (χ0) is 38.3. The van der Waals surface area contributed by atoms with E-state index < -0.39 is 5.41 Å². The van der Waals surface area contributed by atoms with Crippen LogP contribution in [0.5, 0.6) is 0 Å². The number of para-hydroxylation sites is 2. The molecule has 2 nitrogen and oxygen atoms in total. The number of halogens is 2. The van der Waals surface area contributed by atoms with E-state index in [1.807, 2.05) is 12.1 Å². The lowest BCUT2D eigenvalue weighted by Gasteiger charge is -2.36. The van der Waals surface area contributed by atoms with Gasteiger partial charge in [-0.2, -0.15) is 0 Å². The van der Waals surface area contributed by atoms with Crippen molar-refractivity contribution in [3.05, 3.63) is 252 Å². The van der Waals surface area contributed by atoms with Gasteiger partial charge in [0.1, 0.15) is 11.6 Å². The van der Waals surface area contributed by atoms with Gasteiger partial charge in [0, 0.05) is 33.8 Å². The van der Waals surface area contributed by atoms with E-state index in [0.717, 1.165) is 72.7 Å². The Bertz CT molecular complexity index is 2720. The molecule has 0 N–H and O–H groups in total. The predicted octanol–water partition coefficient (Wildman–Crippen LogP) is 14.4. The molecule has 0 atom stereocenters. The summed E-state index contributed by atoms with van der Waals surface area (Å²) in [7, 11) is 0. The van der Waals surface area contributed by atoms with E-state index in [4.69, 9.17) is 0 Å². The molecular formula is C53H36F2N2. The largest absolute Gasteiger partial charge is 0.310 e. The number of hydrogen-bond acceptors (Lipinski definition) is 2. The zero-order valence-corrected chi connectivity index (χ0v) is 30.9. The highest BCUT2D eigenvalue weighted by atomic mass is 19.1. The molecule has 0 heterocycles. The van der Waals surface area contributed by atoms with Gasteiger partial charge in [-0.05, 0) is 130 Å². The van der Waals surface area contributed by atoms with Crippen LogP contribution in [0.25, 0.3) is 21.9 Å². The van der Waals surface area contributed by atoms with Gasteiger partial charge >= 0.3 is 0 Å². The summed E-state index contributed by atoms with van der Waals surface area (Å²) < 4.78 is 29.0. The van der Waals surface area contributed by atoms with E-state index >= 15 is 0 Å². The fraction of sp³-hybridized carbons (Fsp3) is 0.0189. The summed E-state index contributed by atoms with van der Waals surface area (Å²) in [5.41, 5.74) is 11.7. The van der Waals surface area contributed by atoms with E-state index in [2.05, 4.69) is 168 Å². The van der Waals surface area contributed by atoms with Crippen LogP contribution < -0.4 is 9.80 Å². The molecule has 0 radical (unpaired) electrons. The summed E-state index contributed by atoms with van der Waals surface area (Å²) in [6, 6.07) is 73.3. The van der Waals surface area contributed by atoms with E-state index in [9.17, 15) is 8.78 Å². The molecule has 0 amide bonds. The van der Waals surface area contributed by atoms with Crippen molar-refractivity contribution in [1.29, 1.82) is 0 Å². The van der Waals surface area contributed by atoms with Crippen LogP contribution >= 0.6 is 0 Å². The molecule has 1 aliphatic rings. The second kappa shape index (κ2) is 14.1. The summed E-state index contributed by atoms with van der Waals surface area (Å²) in [5, 5.41) is 2.11. The van der Waals surface area contributed by atoms with Gasteiger partial charge in [0.05, 0.1) is 11.1 Å². The molecule has 0 aromatic heterocycles. The first-order valence-corrected chi connectivity index (χ1v) is 19.1. The van der Waals surface area contributed by atoms with Crippen molar-refractivity contribution in [2.24, 2.45) is 0 Å². The molecule has 57 heavy (non-hydrogen) atoms. The molecule has 0 bridgehead atoms. The molecule has 0 unspecified atom stereocenters. The minimum atomic E-state index is -0.752. The van der Waals surface area contributed by atoms with Crippen molar-refractivity contribution in [1.82, 2.24) is 0 Å². The average Bonchev–Trinajstić information content (AvgIpc) is 3.57. The number of anilines is 6. The van der Waals surface area contributed by atoms with Gasteiger partial charge in [-0.15, -0.1) is 0 Å². The standard InChI is InChI=1S/C53H36F2N2/c54-39-25-29-43(30-26-39)57(44-31-27-40(55)28-32-44)51-36-50-52(47-24-14-13-23-46(47)51)48-34-33-45(56(41-19-9-3-10-20-41)42-21-11-4-12-22-42)35-49(48)53(50,37-15-5-1-6-16-37)38-17-7-2-8-18-38/h1-36H. The summed E-state index contributed by atoms with van der Waals surface area (Å²) in [6.07, 6.45) is 0. The summed E-state index contributed by atoms with van der Waals surface area (Å²) >= 11 is 0. The lowest BCUT2D eigenvalue weighted by atomic mass is 9.67. The van der Waals surface area contributed by atoms with Crippen LogP contribution in [0.15, 0.2) is 218 Å². The van der Waals surface area contributed by atoms with Crippen LogP contribution in [0, 0.1) is 11.6 Å². The highest BCUT2D eigenvalue weighted by Crippen LogP contribution is 2.60. The molecule has 1 aliphatic carbocycles. The Morgan fingerprint density at radius 1 is 0.333 bits per heavy atom. The minimum Gasteiger partial charge on any atom is -0.310 e. The topological polar surface area (TPSA) is 6.48 Å². The third kappa shape index (κ3) is 5.68. The predicted molar refractivity (Wildman–Crippen MR) is 231 cm³/mol. The van der Waals surface area contributed by atoms with Gasteiger partial charge in [0.2, 0.25) is 0 Å². The zero-order valence-electron chi connectivity index (χ0n) is 30.9. The lowest BCUT2D eigenvalue weighted by Crippen LogP contribution is -2.29. The molecule has 0 aliphatic heterocycles. The monoisotopic (exact) mass is 738 g/mol. The molecular weight excluding hydrogens is 703 g/mol. The molecule has 9 aromatic rings. The first-order chi connectivity index (χ1) is 28.1. The van der Waals surface area contributed by atoms with Crippen LogP contribution in [-0.2, 0) is 5.41 Å². The average molecular weight is 739 g/mol. The normalized spacial score (nSPS) is 12.5. The Morgan fingerprint density at radius 3 is 1.26 bits per heavy atom. The van der Waals surface area contributed by atoms with E-state index in [1.54, 1.807) is 24.3 Å². The van der Waals surface area contributed by atoms with Gasteiger partial charge in [-0.3, -0.25) is 0 Å². The fourth-order valence-electron chi connectivity index (χ4n) is 8.85. The van der Waals surface area contributed by atoms with Gasteiger partial charge in [0.15, 0.2) is 0 Å². The second-order valence-electron chi connectivity index (χ2n) is 14.4. The Morgan fingerprint density at radius 2 is 0.754 bits per heavy atom. The third-order valence-electron chi connectivity index (χ3n) is 11.2. The minimum absolute atomic E-state index is 0.324. The van der Waals surface area contributed by atoms with Crippen LogP contribution in [0.2, 0.25) is 0 Å². The number of hydrogen-bond donors (Lipinski definition) is 0. The number of nitrogens with zero attached hydrogens (tertiary/aromatic N) is 2. The van der Waals surface area contributed by atoms with E-state index in [-0.39, 0.29) is 11.6 Å². The van der Waals surface area contributed by atoms with Gasteiger partial charge < -0.3 is 9.80 Å². The molecule has 10 rings (SSSR count). The van der Waals surface area contributed by atoms with Crippen LogP contribution in [0.3, 0.4) is 0 Å². The van der Waals surface area contributed by atoms with Gasteiger partial charge in [0.25, 0.3) is 0 Å². The number of fused-ring (bicyclic) bond motifs is 5. The first kappa shape index (κ1) is 34.2. The Labute approximate surface area is 331 Å². The highest BCUT2D eigenvalue weighted by molar-refractivity contribution is 6.11. The molecule has 0 fully saturated rings. The van der Waals surface area contributed by atoms with Crippen LogP contribution in [0.1, 0.15) is 22.3 Å². The smallest absolute Gasteiger partial charge is 0.123 e. The molecule has 0 saturated carbocycles. The molecule has 0 spiro atoms. The Kier molecular flexibility index (Phi) is 8.45. The quantitative estimate of drug-likeness (QED) is 0.153. The Hall–Kier alpha value is -7.30. The summed E-state index contributed by atoms with van der Waals surface area (Å²) in [5.74, 6) is -0.648. The Balaban J connectivity index is 1.33. The van der Waals surface area contributed by atoms with Crippen LogP contribution in [0.4, 0.5) is 42.9 Å². The van der Waals surface area contributed by atoms with Crippen molar-refractivity contribution in [3.8, 4) is 11.1 Å². The SMILES string of the molecule is Fc1ccc(N(c2ccc(F)cc2)c2cc3c(c4ccccc24)-c2ccc(N(c4ccccc4)c4ccccc4)cc2C3(c2ccccc2)c2ccccc2)cc1. The van der Waals surface area contributed by atoms with Crippen molar-refractivity contribution in [3.63, 3.8) is 0 Å². The van der Waals surface area contributed by atoms with Crippen molar-refractivity contribution >= 4 is 44.9 Å². The lowest BCUT2D eigenvalue weighted by molar-refractivity contribution is 0.628. The van der Waals surface area contributed by atoms with Crippen molar-refractivity contribution in [2.45, 2.75) is 5.41 Å². The second-order valence-corrected chi connectivity index (χ2v) is 14.4. The fourth-order valence-corrected chi connectivity index (χ4v) is 8.85. The summed E-state index contributed by atoms with van der Waals surface area (Å²) in [4.78, 5) is 4.43. The highest BCUT2D eigenvalue weighted by Gasteiger charge is 2.48. The maximum Gasteiger partial charge on any atom is 0.123 e. The third-order valence-corrected chi connectivity index (χ3v) is 11.2. The van der Waals surface area contributed by atoms with Gasteiger partial charge in [-0.1, -0.05) is 127 Å². The molecule has 9 aromatic carbocycles. The van der Waals surface area contributed by atoms with Crippen molar-refractivity contribution in [2.75, 3.05) is 9.80 Å². The van der Waals surface area contributed by atoms with E-state index in [0.29, 0.717) is 0 Å². The van der Waals surface area contributed by atoms with Crippen LogP contribution in [-0.4, -0.2) is 0 Å². The summed E-state index contributed by atoms with van der Waals surface area (Å²) in [6.45, 7) is 0. The van der Waals surface area contributed by atoms with Gasteiger partial charge in [-0.25, -0.2) is 8.78 Å². The molecule has 272 valence electrons. The first-order valence-electron chi connectivity index (χ1n) is 19.1. The molecule has 4 heteroatoms. The van der Waals surface area contributed by atoms with E-state index in [1.165, 1.54) is 29.8 Å². The van der Waals surface area contributed by atoms with Crippen molar-refractivity contribution < 1.29 is 8.78 Å². The number of benzene rings is 9. The number of rotatable bonds is 8.